The molecule has 2 nitrogen and oxygen atoms in total. The van der Waals surface area contributed by atoms with Gasteiger partial charge in [0.15, 0.2) is 0 Å². The number of likely N-dealkylation sites (N-methyl/N-ethyl adjacent to an activating group) is 1. The Balaban J connectivity index is 3.16. The third-order valence-corrected chi connectivity index (χ3v) is 3.63. The Labute approximate surface area is 100 Å². The second-order valence-electron chi connectivity index (χ2n) is 4.19. The zero-order valence-electron chi connectivity index (χ0n) is 10.9. The molecular formula is C12H28N2S. The average Bonchev–Trinajstić information content (AvgIpc) is 2.26. The van der Waals surface area contributed by atoms with Crippen molar-refractivity contribution in [3.05, 3.63) is 0 Å². The van der Waals surface area contributed by atoms with Gasteiger partial charge in [-0.15, -0.1) is 0 Å². The summed E-state index contributed by atoms with van der Waals surface area (Å²) in [5.41, 5.74) is 0. The minimum absolute atomic E-state index is 0.711. The van der Waals surface area contributed by atoms with Crippen molar-refractivity contribution in [2.45, 2.75) is 39.2 Å². The van der Waals surface area contributed by atoms with Gasteiger partial charge in [-0.2, -0.15) is 11.8 Å². The molecular weight excluding hydrogens is 204 g/mol. The van der Waals surface area contributed by atoms with Crippen LogP contribution in [0.1, 0.15) is 33.1 Å². The van der Waals surface area contributed by atoms with Crippen molar-refractivity contribution in [3.8, 4) is 0 Å². The van der Waals surface area contributed by atoms with E-state index in [1.165, 1.54) is 31.6 Å². The molecule has 0 aliphatic rings. The molecule has 0 bridgehead atoms. The first-order valence-corrected chi connectivity index (χ1v) is 7.51. The Morgan fingerprint density at radius 3 is 2.60 bits per heavy atom. The van der Waals surface area contributed by atoms with Crippen molar-refractivity contribution in [3.63, 3.8) is 0 Å². The summed E-state index contributed by atoms with van der Waals surface area (Å²) < 4.78 is 0. The lowest BCUT2D eigenvalue weighted by atomic mass is 10.2. The van der Waals surface area contributed by atoms with Gasteiger partial charge in [0.2, 0.25) is 0 Å². The van der Waals surface area contributed by atoms with E-state index in [9.17, 15) is 0 Å². The average molecular weight is 232 g/mol. The fraction of sp³-hybridized carbons (Fsp3) is 1.00. The van der Waals surface area contributed by atoms with Gasteiger partial charge in [-0.25, -0.2) is 0 Å². The zero-order chi connectivity index (χ0) is 11.5. The van der Waals surface area contributed by atoms with Crippen molar-refractivity contribution in [1.29, 1.82) is 0 Å². The second kappa shape index (κ2) is 10.8. The van der Waals surface area contributed by atoms with Crippen LogP contribution in [0, 0.1) is 0 Å². The first kappa shape index (κ1) is 15.3. The Morgan fingerprint density at radius 1 is 1.27 bits per heavy atom. The van der Waals surface area contributed by atoms with Gasteiger partial charge < -0.3 is 10.2 Å². The van der Waals surface area contributed by atoms with Crippen molar-refractivity contribution in [2.75, 3.05) is 38.7 Å². The van der Waals surface area contributed by atoms with Gasteiger partial charge in [-0.3, -0.25) is 0 Å². The minimum atomic E-state index is 0.711. The van der Waals surface area contributed by atoms with Crippen LogP contribution in [0.15, 0.2) is 0 Å². The van der Waals surface area contributed by atoms with Gasteiger partial charge in [0, 0.05) is 19.1 Å². The summed E-state index contributed by atoms with van der Waals surface area (Å²) in [4.78, 5) is 2.43. The third-order valence-electron chi connectivity index (χ3n) is 2.94. The highest BCUT2D eigenvalue weighted by Crippen LogP contribution is 1.99. The molecule has 92 valence electrons. The van der Waals surface area contributed by atoms with Crippen LogP contribution in [0.25, 0.3) is 0 Å². The lowest BCUT2D eigenvalue weighted by molar-refractivity contribution is 0.252. The molecule has 0 spiro atoms. The molecule has 0 amide bonds. The van der Waals surface area contributed by atoms with Crippen molar-refractivity contribution >= 4 is 11.8 Å². The van der Waals surface area contributed by atoms with Crippen LogP contribution < -0.4 is 5.32 Å². The topological polar surface area (TPSA) is 15.3 Å². The predicted octanol–water partition coefficient (Wildman–Crippen LogP) is 2.45. The molecule has 1 atom stereocenters. The van der Waals surface area contributed by atoms with Crippen LogP contribution in [-0.2, 0) is 0 Å². The second-order valence-corrected chi connectivity index (χ2v) is 5.17. The Bertz CT molecular complexity index is 131. The lowest BCUT2D eigenvalue weighted by Gasteiger charge is -2.23. The highest BCUT2D eigenvalue weighted by Gasteiger charge is 2.04. The minimum Gasteiger partial charge on any atom is -0.315 e. The molecule has 15 heavy (non-hydrogen) atoms. The van der Waals surface area contributed by atoms with Crippen LogP contribution in [-0.4, -0.2) is 49.6 Å². The van der Waals surface area contributed by atoms with E-state index in [0.29, 0.717) is 6.04 Å². The summed E-state index contributed by atoms with van der Waals surface area (Å²) in [7, 11) is 2.21. The number of hydrogen-bond acceptors (Lipinski definition) is 3. The van der Waals surface area contributed by atoms with E-state index >= 15 is 0 Å². The summed E-state index contributed by atoms with van der Waals surface area (Å²) in [6.07, 6.45) is 6.07. The highest BCUT2D eigenvalue weighted by atomic mass is 32.2. The largest absolute Gasteiger partial charge is 0.315 e. The Kier molecular flexibility index (Phi) is 11.0. The molecule has 3 heteroatoms. The third kappa shape index (κ3) is 9.21. The fourth-order valence-electron chi connectivity index (χ4n) is 1.41. The standard InChI is InChI=1S/C12H28N2S/c1-5-12(2)14(3)10-9-13-8-6-7-11-15-4/h12-13H,5-11H2,1-4H3. The lowest BCUT2D eigenvalue weighted by Crippen LogP contribution is -2.35. The van der Waals surface area contributed by atoms with Crippen LogP contribution >= 0.6 is 11.8 Å². The molecule has 0 aromatic carbocycles. The first-order valence-electron chi connectivity index (χ1n) is 6.12. The van der Waals surface area contributed by atoms with E-state index in [-0.39, 0.29) is 0 Å². The summed E-state index contributed by atoms with van der Waals surface area (Å²) in [6.45, 7) is 8.00. The molecule has 0 rings (SSSR count). The van der Waals surface area contributed by atoms with Crippen LogP contribution in [0.4, 0.5) is 0 Å². The molecule has 0 aromatic heterocycles. The van der Waals surface area contributed by atoms with Crippen molar-refractivity contribution in [1.82, 2.24) is 10.2 Å². The number of nitrogens with one attached hydrogen (secondary N) is 1. The molecule has 0 radical (unpaired) electrons. The smallest absolute Gasteiger partial charge is 0.0107 e. The van der Waals surface area contributed by atoms with Crippen molar-refractivity contribution in [2.24, 2.45) is 0 Å². The Morgan fingerprint density at radius 2 is 2.00 bits per heavy atom. The van der Waals surface area contributed by atoms with Crippen LogP contribution in [0.5, 0.6) is 0 Å². The monoisotopic (exact) mass is 232 g/mol. The van der Waals surface area contributed by atoms with Gasteiger partial charge in [0.1, 0.15) is 0 Å². The molecule has 0 aliphatic carbocycles. The van der Waals surface area contributed by atoms with Crippen LogP contribution in [0.3, 0.4) is 0 Å². The number of unbranched alkanes of at least 4 members (excludes halogenated alkanes) is 1. The predicted molar refractivity (Wildman–Crippen MR) is 72.9 cm³/mol. The summed E-state index contributed by atoms with van der Waals surface area (Å²) in [5, 5.41) is 3.50. The van der Waals surface area contributed by atoms with E-state index in [1.807, 2.05) is 11.8 Å². The number of rotatable bonds is 10. The summed E-state index contributed by atoms with van der Waals surface area (Å²) >= 11 is 1.94. The molecule has 0 heterocycles. The molecule has 0 fully saturated rings. The van der Waals surface area contributed by atoms with Gasteiger partial charge in [0.25, 0.3) is 0 Å². The molecule has 0 saturated carbocycles. The van der Waals surface area contributed by atoms with Crippen molar-refractivity contribution < 1.29 is 0 Å². The normalized spacial score (nSPS) is 13.4. The molecule has 0 aromatic rings. The number of hydrogen-bond donors (Lipinski definition) is 1. The summed E-state index contributed by atoms with van der Waals surface area (Å²) in [5.74, 6) is 1.30. The summed E-state index contributed by atoms with van der Waals surface area (Å²) in [6, 6.07) is 0.711. The highest BCUT2D eigenvalue weighted by molar-refractivity contribution is 7.98. The maximum absolute atomic E-state index is 3.50. The molecule has 0 aliphatic heterocycles. The number of thioether (sulfide) groups is 1. The fourth-order valence-corrected chi connectivity index (χ4v) is 1.90. The van der Waals surface area contributed by atoms with E-state index in [2.05, 4.69) is 37.4 Å². The molecule has 1 unspecified atom stereocenters. The maximum Gasteiger partial charge on any atom is 0.0107 e. The van der Waals surface area contributed by atoms with E-state index in [4.69, 9.17) is 0 Å². The van der Waals surface area contributed by atoms with Gasteiger partial charge in [-0.1, -0.05) is 6.92 Å². The SMILES string of the molecule is CCC(C)N(C)CCNCCCCSC. The van der Waals surface area contributed by atoms with E-state index in [0.717, 1.165) is 13.1 Å². The first-order chi connectivity index (χ1) is 7.22. The zero-order valence-corrected chi connectivity index (χ0v) is 11.7. The van der Waals surface area contributed by atoms with E-state index < -0.39 is 0 Å². The quantitative estimate of drug-likeness (QED) is 0.583. The van der Waals surface area contributed by atoms with Gasteiger partial charge in [-0.05, 0) is 51.8 Å². The molecule has 1 N–H and O–H groups in total. The molecule has 0 saturated heterocycles. The van der Waals surface area contributed by atoms with Gasteiger partial charge in [0.05, 0.1) is 0 Å². The maximum atomic E-state index is 3.50. The number of nitrogens with zero attached hydrogens (tertiary/aromatic N) is 1. The van der Waals surface area contributed by atoms with Crippen LogP contribution in [0.2, 0.25) is 0 Å². The van der Waals surface area contributed by atoms with Gasteiger partial charge >= 0.3 is 0 Å². The Hall–Kier alpha value is 0.270. The van der Waals surface area contributed by atoms with E-state index in [1.54, 1.807) is 0 Å².